The molecule has 1 aromatic rings. The molecule has 1 aromatic carbocycles. The van der Waals surface area contributed by atoms with Gasteiger partial charge in [-0.05, 0) is 30.5 Å². The molecule has 1 saturated heterocycles. The Morgan fingerprint density at radius 3 is 2.79 bits per heavy atom. The molecule has 0 aliphatic carbocycles. The van der Waals surface area contributed by atoms with E-state index in [-0.39, 0.29) is 18.3 Å². The molecular formula is C15H20FNO2. The van der Waals surface area contributed by atoms with Gasteiger partial charge in [0, 0.05) is 26.1 Å². The van der Waals surface area contributed by atoms with E-state index in [4.69, 9.17) is 4.74 Å². The molecule has 0 spiro atoms. The average molecular weight is 265 g/mol. The fraction of sp³-hybridized carbons (Fsp3) is 0.533. The summed E-state index contributed by atoms with van der Waals surface area (Å²) in [6, 6.07) is 6.62. The fourth-order valence-electron chi connectivity index (χ4n) is 2.59. The summed E-state index contributed by atoms with van der Waals surface area (Å²) >= 11 is 0. The smallest absolute Gasteiger partial charge is 0.248 e. The van der Waals surface area contributed by atoms with Crippen LogP contribution in [0.4, 0.5) is 4.39 Å². The van der Waals surface area contributed by atoms with Gasteiger partial charge in [-0.15, -0.1) is 0 Å². The third-order valence-corrected chi connectivity index (χ3v) is 3.63. The summed E-state index contributed by atoms with van der Waals surface area (Å²) in [7, 11) is 1.53. The highest BCUT2D eigenvalue weighted by molar-refractivity contribution is 5.77. The van der Waals surface area contributed by atoms with E-state index in [1.54, 1.807) is 0 Å². The highest BCUT2D eigenvalue weighted by Gasteiger charge is 2.22. The van der Waals surface area contributed by atoms with Crippen molar-refractivity contribution < 1.29 is 13.9 Å². The number of likely N-dealkylation sites (tertiary alicyclic amines) is 1. The zero-order chi connectivity index (χ0) is 13.7. The molecule has 0 saturated carbocycles. The molecule has 0 bridgehead atoms. The maximum absolute atomic E-state index is 13.0. The summed E-state index contributed by atoms with van der Waals surface area (Å²) in [5.41, 5.74) is 1.11. The Kier molecular flexibility index (Phi) is 4.91. The first kappa shape index (κ1) is 14.0. The standard InChI is InChI=1S/C15H20FNO2/c1-19-11-15(18)17-9-3-2-4-13(10-17)12-5-7-14(16)8-6-12/h5-8,13H,2-4,9-11H2,1H3/t13-/m0/s1. The van der Waals surface area contributed by atoms with Crippen LogP contribution in [-0.4, -0.2) is 37.6 Å². The maximum atomic E-state index is 13.0. The SMILES string of the molecule is COCC(=O)N1CCCC[C@H](c2ccc(F)cc2)C1. The molecule has 1 aliphatic rings. The molecule has 1 fully saturated rings. The molecular weight excluding hydrogens is 245 g/mol. The topological polar surface area (TPSA) is 29.5 Å². The maximum Gasteiger partial charge on any atom is 0.248 e. The predicted octanol–water partition coefficient (Wildman–Crippen LogP) is 2.57. The number of benzene rings is 1. The minimum Gasteiger partial charge on any atom is -0.375 e. The number of nitrogens with zero attached hydrogens (tertiary/aromatic N) is 1. The molecule has 2 rings (SSSR count). The second-order valence-electron chi connectivity index (χ2n) is 5.02. The quantitative estimate of drug-likeness (QED) is 0.840. The van der Waals surface area contributed by atoms with Crippen molar-refractivity contribution in [2.24, 2.45) is 0 Å². The second-order valence-corrected chi connectivity index (χ2v) is 5.02. The van der Waals surface area contributed by atoms with E-state index in [1.807, 2.05) is 17.0 Å². The number of carbonyl (C=O) groups is 1. The third kappa shape index (κ3) is 3.77. The van der Waals surface area contributed by atoms with Crippen LogP contribution in [0, 0.1) is 5.82 Å². The molecule has 19 heavy (non-hydrogen) atoms. The molecule has 1 heterocycles. The lowest BCUT2D eigenvalue weighted by Gasteiger charge is -2.24. The van der Waals surface area contributed by atoms with Crippen molar-refractivity contribution in [3.8, 4) is 0 Å². The lowest BCUT2D eigenvalue weighted by Crippen LogP contribution is -2.36. The largest absolute Gasteiger partial charge is 0.375 e. The van der Waals surface area contributed by atoms with Gasteiger partial charge in [0.2, 0.25) is 5.91 Å². The van der Waals surface area contributed by atoms with E-state index in [0.717, 1.165) is 31.4 Å². The lowest BCUT2D eigenvalue weighted by molar-refractivity contribution is -0.135. The highest BCUT2D eigenvalue weighted by atomic mass is 19.1. The van der Waals surface area contributed by atoms with E-state index in [1.165, 1.54) is 19.2 Å². The average Bonchev–Trinajstić information content (AvgIpc) is 2.66. The third-order valence-electron chi connectivity index (χ3n) is 3.63. The van der Waals surface area contributed by atoms with Gasteiger partial charge in [0.1, 0.15) is 12.4 Å². The van der Waals surface area contributed by atoms with Gasteiger partial charge in [-0.3, -0.25) is 4.79 Å². The van der Waals surface area contributed by atoms with Crippen LogP contribution in [0.5, 0.6) is 0 Å². The van der Waals surface area contributed by atoms with Gasteiger partial charge in [0.15, 0.2) is 0 Å². The van der Waals surface area contributed by atoms with Crippen LogP contribution in [0.1, 0.15) is 30.7 Å². The molecule has 1 amide bonds. The second kappa shape index (κ2) is 6.66. The molecule has 0 radical (unpaired) electrons. The number of amides is 1. The van der Waals surface area contributed by atoms with Crippen LogP contribution in [0.3, 0.4) is 0 Å². The first-order chi connectivity index (χ1) is 9.20. The molecule has 104 valence electrons. The first-order valence-electron chi connectivity index (χ1n) is 6.73. The normalized spacial score (nSPS) is 20.1. The summed E-state index contributed by atoms with van der Waals surface area (Å²) in [6.07, 6.45) is 3.16. The Hall–Kier alpha value is -1.42. The monoisotopic (exact) mass is 265 g/mol. The van der Waals surface area contributed by atoms with Crippen molar-refractivity contribution in [1.29, 1.82) is 0 Å². The highest BCUT2D eigenvalue weighted by Crippen LogP contribution is 2.26. The van der Waals surface area contributed by atoms with Crippen LogP contribution in [0.2, 0.25) is 0 Å². The molecule has 0 unspecified atom stereocenters. The first-order valence-corrected chi connectivity index (χ1v) is 6.73. The number of halogens is 1. The Bertz CT molecular complexity index is 419. The Balaban J connectivity index is 2.07. The van der Waals surface area contributed by atoms with Crippen LogP contribution in [-0.2, 0) is 9.53 Å². The zero-order valence-corrected chi connectivity index (χ0v) is 11.3. The van der Waals surface area contributed by atoms with Gasteiger partial charge >= 0.3 is 0 Å². The van der Waals surface area contributed by atoms with Crippen molar-refractivity contribution in [2.45, 2.75) is 25.2 Å². The van der Waals surface area contributed by atoms with Crippen LogP contribution >= 0.6 is 0 Å². The van der Waals surface area contributed by atoms with E-state index in [9.17, 15) is 9.18 Å². The number of hydrogen-bond acceptors (Lipinski definition) is 2. The van der Waals surface area contributed by atoms with Gasteiger partial charge in [-0.2, -0.15) is 0 Å². The van der Waals surface area contributed by atoms with Crippen molar-refractivity contribution in [3.05, 3.63) is 35.6 Å². The number of ether oxygens (including phenoxy) is 1. The Morgan fingerprint density at radius 1 is 1.37 bits per heavy atom. The number of methoxy groups -OCH3 is 1. The summed E-state index contributed by atoms with van der Waals surface area (Å²) in [4.78, 5) is 13.8. The fourth-order valence-corrected chi connectivity index (χ4v) is 2.59. The molecule has 1 atom stereocenters. The molecule has 0 aromatic heterocycles. The van der Waals surface area contributed by atoms with Gasteiger partial charge in [0.05, 0.1) is 0 Å². The van der Waals surface area contributed by atoms with E-state index in [2.05, 4.69) is 0 Å². The number of hydrogen-bond donors (Lipinski definition) is 0. The summed E-state index contributed by atoms with van der Waals surface area (Å²) < 4.78 is 17.9. The molecule has 4 heteroatoms. The molecule has 1 aliphatic heterocycles. The predicted molar refractivity (Wildman–Crippen MR) is 71.4 cm³/mol. The van der Waals surface area contributed by atoms with Gasteiger partial charge in [-0.25, -0.2) is 4.39 Å². The van der Waals surface area contributed by atoms with Crippen LogP contribution < -0.4 is 0 Å². The van der Waals surface area contributed by atoms with Crippen molar-refractivity contribution in [1.82, 2.24) is 4.90 Å². The zero-order valence-electron chi connectivity index (χ0n) is 11.3. The summed E-state index contributed by atoms with van der Waals surface area (Å²) in [5, 5.41) is 0. The number of rotatable bonds is 3. The van der Waals surface area contributed by atoms with Crippen molar-refractivity contribution >= 4 is 5.91 Å². The Morgan fingerprint density at radius 2 is 2.11 bits per heavy atom. The van der Waals surface area contributed by atoms with Gasteiger partial charge < -0.3 is 9.64 Å². The summed E-state index contributed by atoms with van der Waals surface area (Å²) in [5.74, 6) is 0.116. The van der Waals surface area contributed by atoms with Crippen molar-refractivity contribution in [2.75, 3.05) is 26.8 Å². The molecule has 3 nitrogen and oxygen atoms in total. The van der Waals surface area contributed by atoms with Crippen LogP contribution in [0.15, 0.2) is 24.3 Å². The molecule has 0 N–H and O–H groups in total. The number of carbonyl (C=O) groups excluding carboxylic acids is 1. The van der Waals surface area contributed by atoms with Crippen LogP contribution in [0.25, 0.3) is 0 Å². The van der Waals surface area contributed by atoms with Crippen molar-refractivity contribution in [3.63, 3.8) is 0 Å². The van der Waals surface area contributed by atoms with Gasteiger partial charge in [0.25, 0.3) is 0 Å². The van der Waals surface area contributed by atoms with E-state index < -0.39 is 0 Å². The van der Waals surface area contributed by atoms with E-state index in [0.29, 0.717) is 12.5 Å². The minimum atomic E-state index is -0.218. The van der Waals surface area contributed by atoms with E-state index >= 15 is 0 Å². The summed E-state index contributed by atoms with van der Waals surface area (Å²) in [6.45, 7) is 1.63. The Labute approximate surface area is 113 Å². The van der Waals surface area contributed by atoms with Gasteiger partial charge in [-0.1, -0.05) is 18.6 Å². The lowest BCUT2D eigenvalue weighted by atomic mass is 9.94. The minimum absolute atomic E-state index is 0.0384.